The molecule has 2 aromatic rings. The van der Waals surface area contributed by atoms with Crippen LogP contribution in [-0.2, 0) is 13.1 Å². The van der Waals surface area contributed by atoms with Gasteiger partial charge in [0, 0.05) is 39.3 Å². The van der Waals surface area contributed by atoms with E-state index in [9.17, 15) is 0 Å². The van der Waals surface area contributed by atoms with E-state index in [1.165, 1.54) is 22.3 Å². The zero-order valence-corrected chi connectivity index (χ0v) is 15.1. The molecule has 2 aromatic carbocycles. The fourth-order valence-corrected chi connectivity index (χ4v) is 3.43. The van der Waals surface area contributed by atoms with Crippen LogP contribution in [0, 0.1) is 13.8 Å². The zero-order chi connectivity index (χ0) is 16.9. The van der Waals surface area contributed by atoms with Crippen LogP contribution in [0.3, 0.4) is 0 Å². The maximum absolute atomic E-state index is 5.42. The first-order chi connectivity index (χ1) is 11.7. The molecule has 3 rings (SSSR count). The molecule has 0 spiro atoms. The predicted octanol–water partition coefficient (Wildman–Crippen LogP) is 3.63. The van der Waals surface area contributed by atoms with Gasteiger partial charge in [0.05, 0.1) is 7.11 Å². The Hall–Kier alpha value is -1.84. The molecule has 0 amide bonds. The van der Waals surface area contributed by atoms with Crippen LogP contribution in [0.15, 0.2) is 42.5 Å². The quantitative estimate of drug-likeness (QED) is 0.835. The van der Waals surface area contributed by atoms with Crippen LogP contribution in [0.2, 0.25) is 0 Å². The topological polar surface area (TPSA) is 15.7 Å². The van der Waals surface area contributed by atoms with Gasteiger partial charge in [0.25, 0.3) is 0 Å². The van der Waals surface area contributed by atoms with Crippen LogP contribution >= 0.6 is 0 Å². The standard InChI is InChI=1S/C21H28N2O/c1-17-18(2)21(24-3)10-9-20(17)16-23-13-11-22(12-14-23)15-19-7-5-4-6-8-19/h4-10H,11-16H2,1-3H3. The number of benzene rings is 2. The van der Waals surface area contributed by atoms with Crippen molar-refractivity contribution in [2.75, 3.05) is 33.3 Å². The van der Waals surface area contributed by atoms with Crippen molar-refractivity contribution in [3.63, 3.8) is 0 Å². The van der Waals surface area contributed by atoms with Crippen LogP contribution in [0.25, 0.3) is 0 Å². The molecule has 0 unspecified atom stereocenters. The first-order valence-electron chi connectivity index (χ1n) is 8.79. The molecule has 1 saturated heterocycles. The second kappa shape index (κ2) is 7.82. The molecule has 0 aromatic heterocycles. The van der Waals surface area contributed by atoms with Crippen LogP contribution in [0.4, 0.5) is 0 Å². The van der Waals surface area contributed by atoms with Gasteiger partial charge in [0.15, 0.2) is 0 Å². The van der Waals surface area contributed by atoms with Crippen molar-refractivity contribution in [1.82, 2.24) is 9.80 Å². The summed E-state index contributed by atoms with van der Waals surface area (Å²) in [5.41, 5.74) is 5.45. The fourth-order valence-electron chi connectivity index (χ4n) is 3.43. The van der Waals surface area contributed by atoms with Gasteiger partial charge in [0.1, 0.15) is 5.75 Å². The lowest BCUT2D eigenvalue weighted by atomic mass is 10.0. The van der Waals surface area contributed by atoms with Crippen molar-refractivity contribution < 1.29 is 4.74 Å². The number of piperazine rings is 1. The number of methoxy groups -OCH3 is 1. The highest BCUT2D eigenvalue weighted by molar-refractivity contribution is 5.43. The summed E-state index contributed by atoms with van der Waals surface area (Å²) >= 11 is 0. The highest BCUT2D eigenvalue weighted by Gasteiger charge is 2.18. The van der Waals surface area contributed by atoms with Gasteiger partial charge in [-0.1, -0.05) is 36.4 Å². The number of hydrogen-bond acceptors (Lipinski definition) is 3. The lowest BCUT2D eigenvalue weighted by Gasteiger charge is -2.35. The van der Waals surface area contributed by atoms with Crippen LogP contribution in [0.5, 0.6) is 5.75 Å². The number of ether oxygens (including phenoxy) is 1. The molecule has 24 heavy (non-hydrogen) atoms. The Labute approximate surface area is 145 Å². The second-order valence-corrected chi connectivity index (χ2v) is 6.71. The van der Waals surface area contributed by atoms with E-state index in [-0.39, 0.29) is 0 Å². The number of nitrogens with zero attached hydrogens (tertiary/aromatic N) is 2. The Morgan fingerprint density at radius 1 is 0.792 bits per heavy atom. The maximum Gasteiger partial charge on any atom is 0.122 e. The van der Waals surface area contributed by atoms with Gasteiger partial charge < -0.3 is 4.74 Å². The fraction of sp³-hybridized carbons (Fsp3) is 0.429. The van der Waals surface area contributed by atoms with Gasteiger partial charge in [-0.2, -0.15) is 0 Å². The van der Waals surface area contributed by atoms with Crippen molar-refractivity contribution in [2.45, 2.75) is 26.9 Å². The van der Waals surface area contributed by atoms with Gasteiger partial charge in [-0.05, 0) is 42.2 Å². The number of hydrogen-bond donors (Lipinski definition) is 0. The predicted molar refractivity (Wildman–Crippen MR) is 99.5 cm³/mol. The van der Waals surface area contributed by atoms with Crippen molar-refractivity contribution >= 4 is 0 Å². The second-order valence-electron chi connectivity index (χ2n) is 6.71. The molecule has 0 bridgehead atoms. The molecule has 1 aliphatic rings. The normalized spacial score (nSPS) is 16.3. The molecule has 0 aliphatic carbocycles. The molecule has 1 heterocycles. The van der Waals surface area contributed by atoms with Gasteiger partial charge in [-0.25, -0.2) is 0 Å². The van der Waals surface area contributed by atoms with E-state index in [1.54, 1.807) is 7.11 Å². The Bertz CT molecular complexity index is 661. The summed E-state index contributed by atoms with van der Waals surface area (Å²) in [5.74, 6) is 0.990. The molecule has 3 nitrogen and oxygen atoms in total. The van der Waals surface area contributed by atoms with Crippen molar-refractivity contribution in [3.05, 3.63) is 64.7 Å². The molecule has 0 N–H and O–H groups in total. The van der Waals surface area contributed by atoms with E-state index in [4.69, 9.17) is 4.74 Å². The van der Waals surface area contributed by atoms with Gasteiger partial charge in [-0.3, -0.25) is 9.80 Å². The average molecular weight is 324 g/mol. The monoisotopic (exact) mass is 324 g/mol. The minimum Gasteiger partial charge on any atom is -0.496 e. The summed E-state index contributed by atoms with van der Waals surface area (Å²) < 4.78 is 5.42. The summed E-state index contributed by atoms with van der Waals surface area (Å²) in [6.45, 7) is 11.0. The van der Waals surface area contributed by atoms with E-state index in [1.807, 2.05) is 0 Å². The molecular weight excluding hydrogens is 296 g/mol. The summed E-state index contributed by atoms with van der Waals surface area (Å²) in [6, 6.07) is 15.1. The summed E-state index contributed by atoms with van der Waals surface area (Å²) in [6.07, 6.45) is 0. The maximum atomic E-state index is 5.42. The highest BCUT2D eigenvalue weighted by Crippen LogP contribution is 2.25. The third-order valence-corrected chi connectivity index (χ3v) is 5.18. The largest absolute Gasteiger partial charge is 0.496 e. The summed E-state index contributed by atoms with van der Waals surface area (Å²) in [5, 5.41) is 0. The van der Waals surface area contributed by atoms with Crippen molar-refractivity contribution in [3.8, 4) is 5.75 Å². The van der Waals surface area contributed by atoms with E-state index in [2.05, 4.69) is 66.1 Å². The van der Waals surface area contributed by atoms with E-state index in [0.29, 0.717) is 0 Å². The zero-order valence-electron chi connectivity index (χ0n) is 15.1. The molecule has 3 heteroatoms. The third-order valence-electron chi connectivity index (χ3n) is 5.18. The Kier molecular flexibility index (Phi) is 5.54. The summed E-state index contributed by atoms with van der Waals surface area (Å²) in [4.78, 5) is 5.12. The molecular formula is C21H28N2O. The van der Waals surface area contributed by atoms with Gasteiger partial charge in [0.2, 0.25) is 0 Å². The van der Waals surface area contributed by atoms with Gasteiger partial charge in [-0.15, -0.1) is 0 Å². The first kappa shape index (κ1) is 17.0. The SMILES string of the molecule is COc1ccc(CN2CCN(Cc3ccccc3)CC2)c(C)c1C. The Morgan fingerprint density at radius 3 is 2.04 bits per heavy atom. The smallest absolute Gasteiger partial charge is 0.122 e. The van der Waals surface area contributed by atoms with Crippen molar-refractivity contribution in [1.29, 1.82) is 0 Å². The Balaban J connectivity index is 1.55. The van der Waals surface area contributed by atoms with Crippen LogP contribution in [0.1, 0.15) is 22.3 Å². The van der Waals surface area contributed by atoms with E-state index in [0.717, 1.165) is 45.0 Å². The lowest BCUT2D eigenvalue weighted by Crippen LogP contribution is -2.45. The highest BCUT2D eigenvalue weighted by atomic mass is 16.5. The van der Waals surface area contributed by atoms with Crippen molar-refractivity contribution in [2.24, 2.45) is 0 Å². The summed E-state index contributed by atoms with van der Waals surface area (Å²) in [7, 11) is 1.74. The first-order valence-corrected chi connectivity index (χ1v) is 8.79. The van der Waals surface area contributed by atoms with E-state index < -0.39 is 0 Å². The minimum absolute atomic E-state index is 0.990. The molecule has 1 fully saturated rings. The van der Waals surface area contributed by atoms with Gasteiger partial charge >= 0.3 is 0 Å². The molecule has 0 atom stereocenters. The Morgan fingerprint density at radius 2 is 1.42 bits per heavy atom. The lowest BCUT2D eigenvalue weighted by molar-refractivity contribution is 0.122. The minimum atomic E-state index is 0.990. The molecule has 0 radical (unpaired) electrons. The van der Waals surface area contributed by atoms with Crippen LogP contribution < -0.4 is 4.74 Å². The average Bonchev–Trinajstić information content (AvgIpc) is 2.62. The molecule has 0 saturated carbocycles. The van der Waals surface area contributed by atoms with Crippen LogP contribution in [-0.4, -0.2) is 43.1 Å². The third kappa shape index (κ3) is 3.97. The molecule has 1 aliphatic heterocycles. The number of rotatable bonds is 5. The van der Waals surface area contributed by atoms with E-state index >= 15 is 0 Å². The molecule has 128 valence electrons.